The van der Waals surface area contributed by atoms with Crippen molar-refractivity contribution in [2.75, 3.05) is 19.3 Å². The van der Waals surface area contributed by atoms with Gasteiger partial charge in [-0.25, -0.2) is 8.42 Å². The van der Waals surface area contributed by atoms with Gasteiger partial charge in [-0.15, -0.1) is 0 Å². The molecule has 0 aliphatic heterocycles. The Bertz CT molecular complexity index is 626. The summed E-state index contributed by atoms with van der Waals surface area (Å²) in [7, 11) is -2.46. The van der Waals surface area contributed by atoms with Crippen LogP contribution in [0.25, 0.3) is 0 Å². The van der Waals surface area contributed by atoms with Crippen molar-refractivity contribution in [1.29, 1.82) is 0 Å². The number of halogens is 2. The van der Waals surface area contributed by atoms with Gasteiger partial charge in [-0.2, -0.15) is 4.72 Å². The van der Waals surface area contributed by atoms with Crippen molar-refractivity contribution in [2.24, 2.45) is 0 Å². The number of amides is 1. The molecule has 9 heteroatoms. The molecule has 1 rings (SSSR count). The molecular formula is C12H17Cl2N3O3S. The first-order valence-electron chi connectivity index (χ1n) is 6.12. The summed E-state index contributed by atoms with van der Waals surface area (Å²) in [5.74, 6) is -0.358. The first-order chi connectivity index (χ1) is 9.60. The van der Waals surface area contributed by atoms with E-state index in [4.69, 9.17) is 28.9 Å². The van der Waals surface area contributed by atoms with Crippen LogP contribution in [0.1, 0.15) is 13.8 Å². The predicted molar refractivity (Wildman–Crippen MR) is 84.0 cm³/mol. The number of nitrogens with two attached hydrogens (primary N) is 1. The Labute approximate surface area is 134 Å². The third-order valence-electron chi connectivity index (χ3n) is 2.84. The average molecular weight is 354 g/mol. The maximum atomic E-state index is 12.3. The number of sulfonamides is 1. The summed E-state index contributed by atoms with van der Waals surface area (Å²) >= 11 is 11.8. The van der Waals surface area contributed by atoms with Crippen LogP contribution in [0.3, 0.4) is 0 Å². The van der Waals surface area contributed by atoms with E-state index in [1.54, 1.807) is 14.0 Å². The fraction of sp³-hybridized carbons (Fsp3) is 0.417. The van der Waals surface area contributed by atoms with Gasteiger partial charge in [0.2, 0.25) is 15.9 Å². The molecule has 1 aromatic rings. The fourth-order valence-corrected chi connectivity index (χ4v) is 4.09. The van der Waals surface area contributed by atoms with Gasteiger partial charge in [-0.05, 0) is 26.0 Å². The molecule has 0 radical (unpaired) electrons. The van der Waals surface area contributed by atoms with Crippen LogP contribution in [0.2, 0.25) is 10.0 Å². The summed E-state index contributed by atoms with van der Waals surface area (Å²) in [4.78, 5) is 13.0. The second-order valence-electron chi connectivity index (χ2n) is 4.51. The van der Waals surface area contributed by atoms with Gasteiger partial charge in [-0.3, -0.25) is 4.79 Å². The molecule has 3 N–H and O–H groups in total. The molecule has 118 valence electrons. The lowest BCUT2D eigenvalue weighted by molar-refractivity contribution is -0.131. The standard InChI is InChI=1S/C12H17Cl2N3O3S/c1-4-17(3)12(18)7(2)16-21(19,20)11-9(13)5-8(15)6-10(11)14/h5-7,16H,4,15H2,1-3H3. The molecule has 1 amide bonds. The van der Waals surface area contributed by atoms with Gasteiger partial charge in [0.15, 0.2) is 0 Å². The molecule has 21 heavy (non-hydrogen) atoms. The van der Waals surface area contributed by atoms with E-state index >= 15 is 0 Å². The molecule has 1 aromatic carbocycles. The maximum absolute atomic E-state index is 12.3. The number of anilines is 1. The number of hydrogen-bond donors (Lipinski definition) is 2. The summed E-state index contributed by atoms with van der Waals surface area (Å²) in [6, 6.07) is 1.63. The highest BCUT2D eigenvalue weighted by Gasteiger charge is 2.27. The second-order valence-corrected chi connectivity index (χ2v) is 6.97. The van der Waals surface area contributed by atoms with Crippen LogP contribution in [0, 0.1) is 0 Å². The highest BCUT2D eigenvalue weighted by Crippen LogP contribution is 2.31. The van der Waals surface area contributed by atoms with Crippen molar-refractivity contribution in [3.8, 4) is 0 Å². The summed E-state index contributed by atoms with van der Waals surface area (Å²) < 4.78 is 26.9. The van der Waals surface area contributed by atoms with E-state index in [1.807, 2.05) is 0 Å². The number of rotatable bonds is 5. The van der Waals surface area contributed by atoms with Crippen LogP contribution in [0.4, 0.5) is 5.69 Å². The van der Waals surface area contributed by atoms with Gasteiger partial charge in [0, 0.05) is 19.3 Å². The van der Waals surface area contributed by atoms with Gasteiger partial charge in [-0.1, -0.05) is 23.2 Å². The van der Waals surface area contributed by atoms with E-state index in [-0.39, 0.29) is 26.5 Å². The highest BCUT2D eigenvalue weighted by atomic mass is 35.5. The number of benzene rings is 1. The predicted octanol–water partition coefficient (Wildman–Crippen LogP) is 1.72. The van der Waals surface area contributed by atoms with Crippen LogP contribution in [-0.2, 0) is 14.8 Å². The summed E-state index contributed by atoms with van der Waals surface area (Å²) in [5.41, 5.74) is 5.78. The van der Waals surface area contributed by atoms with Crippen molar-refractivity contribution < 1.29 is 13.2 Å². The zero-order valence-corrected chi connectivity index (χ0v) is 14.2. The number of carbonyl (C=O) groups excluding carboxylic acids is 1. The zero-order valence-electron chi connectivity index (χ0n) is 11.9. The quantitative estimate of drug-likeness (QED) is 0.788. The number of nitrogens with zero attached hydrogens (tertiary/aromatic N) is 1. The summed E-state index contributed by atoms with van der Waals surface area (Å²) in [5, 5.41) is -0.202. The van der Waals surface area contributed by atoms with Crippen molar-refractivity contribution in [3.05, 3.63) is 22.2 Å². The van der Waals surface area contributed by atoms with Crippen molar-refractivity contribution in [1.82, 2.24) is 9.62 Å². The third-order valence-corrected chi connectivity index (χ3v) is 5.30. The van der Waals surface area contributed by atoms with Gasteiger partial charge in [0.05, 0.1) is 16.1 Å². The van der Waals surface area contributed by atoms with Crippen LogP contribution < -0.4 is 10.5 Å². The number of likely N-dealkylation sites (N-methyl/N-ethyl adjacent to an activating group) is 1. The molecule has 0 bridgehead atoms. The van der Waals surface area contributed by atoms with Crippen molar-refractivity contribution in [3.63, 3.8) is 0 Å². The molecule has 0 heterocycles. The molecule has 0 fully saturated rings. The second kappa shape index (κ2) is 6.83. The Balaban J connectivity index is 3.11. The number of nitrogens with one attached hydrogen (secondary N) is 1. The van der Waals surface area contributed by atoms with Gasteiger partial charge in [0.1, 0.15) is 4.90 Å². The summed E-state index contributed by atoms with van der Waals surface area (Å²) in [6.45, 7) is 3.70. The molecule has 0 aromatic heterocycles. The first-order valence-corrected chi connectivity index (χ1v) is 8.35. The summed E-state index contributed by atoms with van der Waals surface area (Å²) in [6.07, 6.45) is 0. The Morgan fingerprint density at radius 2 is 1.86 bits per heavy atom. The minimum absolute atomic E-state index is 0.101. The first kappa shape index (κ1) is 18.0. The normalized spacial score (nSPS) is 13.0. The van der Waals surface area contributed by atoms with E-state index in [1.165, 1.54) is 24.0 Å². The van der Waals surface area contributed by atoms with Gasteiger partial charge >= 0.3 is 0 Å². The Morgan fingerprint density at radius 3 is 2.29 bits per heavy atom. The third kappa shape index (κ3) is 4.23. The van der Waals surface area contributed by atoms with E-state index < -0.39 is 16.1 Å². The zero-order chi connectivity index (χ0) is 16.4. The SMILES string of the molecule is CCN(C)C(=O)C(C)NS(=O)(=O)c1c(Cl)cc(N)cc1Cl. The minimum atomic E-state index is -4.04. The largest absolute Gasteiger partial charge is 0.399 e. The monoisotopic (exact) mass is 353 g/mol. The molecule has 1 atom stereocenters. The molecular weight excluding hydrogens is 337 g/mol. The Morgan fingerprint density at radius 1 is 1.38 bits per heavy atom. The van der Waals surface area contributed by atoms with Crippen LogP contribution >= 0.6 is 23.2 Å². The number of nitrogen functional groups attached to an aromatic ring is 1. The van der Waals surface area contributed by atoms with E-state index in [2.05, 4.69) is 4.72 Å². The topological polar surface area (TPSA) is 92.5 Å². The van der Waals surface area contributed by atoms with Crippen molar-refractivity contribution in [2.45, 2.75) is 24.8 Å². The molecule has 0 aliphatic rings. The highest BCUT2D eigenvalue weighted by molar-refractivity contribution is 7.89. The van der Waals surface area contributed by atoms with Gasteiger partial charge < -0.3 is 10.6 Å². The van der Waals surface area contributed by atoms with E-state index in [0.717, 1.165) is 0 Å². The van der Waals surface area contributed by atoms with Crippen LogP contribution in [0.15, 0.2) is 17.0 Å². The van der Waals surface area contributed by atoms with Crippen LogP contribution in [0.5, 0.6) is 0 Å². The lowest BCUT2D eigenvalue weighted by Crippen LogP contribution is -2.45. The van der Waals surface area contributed by atoms with E-state index in [9.17, 15) is 13.2 Å². The Kier molecular flexibility index (Phi) is 5.86. The van der Waals surface area contributed by atoms with E-state index in [0.29, 0.717) is 6.54 Å². The Hall–Kier alpha value is -1.02. The smallest absolute Gasteiger partial charge is 0.244 e. The molecule has 0 saturated heterocycles. The molecule has 0 spiro atoms. The average Bonchev–Trinajstić information content (AvgIpc) is 2.34. The number of carbonyl (C=O) groups is 1. The number of hydrogen-bond acceptors (Lipinski definition) is 4. The lowest BCUT2D eigenvalue weighted by atomic mass is 10.3. The molecule has 0 aliphatic carbocycles. The van der Waals surface area contributed by atoms with Crippen molar-refractivity contribution >= 4 is 44.8 Å². The fourth-order valence-electron chi connectivity index (χ4n) is 1.66. The maximum Gasteiger partial charge on any atom is 0.244 e. The lowest BCUT2D eigenvalue weighted by Gasteiger charge is -2.21. The molecule has 0 saturated carbocycles. The van der Waals surface area contributed by atoms with Crippen LogP contribution in [-0.4, -0.2) is 38.9 Å². The molecule has 6 nitrogen and oxygen atoms in total. The van der Waals surface area contributed by atoms with Gasteiger partial charge in [0.25, 0.3) is 0 Å². The minimum Gasteiger partial charge on any atom is -0.399 e. The molecule has 1 unspecified atom stereocenters.